The highest BCUT2D eigenvalue weighted by Crippen LogP contribution is 2.19. The van der Waals surface area contributed by atoms with Crippen molar-refractivity contribution in [3.8, 4) is 0 Å². The van der Waals surface area contributed by atoms with Crippen LogP contribution in [0.5, 0.6) is 0 Å². The first-order valence-electron chi connectivity index (χ1n) is 7.84. The summed E-state index contributed by atoms with van der Waals surface area (Å²) in [7, 11) is 0. The summed E-state index contributed by atoms with van der Waals surface area (Å²) in [5.74, 6) is 1.86. The monoisotopic (exact) mass is 310 g/mol. The molecule has 2 N–H and O–H groups in total. The second kappa shape index (κ2) is 7.09. The molecule has 0 aliphatic carbocycles. The number of ether oxygens (including phenoxy) is 1. The van der Waals surface area contributed by atoms with Gasteiger partial charge in [0.15, 0.2) is 0 Å². The van der Waals surface area contributed by atoms with E-state index in [1.807, 2.05) is 30.3 Å². The summed E-state index contributed by atoms with van der Waals surface area (Å²) in [5, 5.41) is 0. The number of nitrogen functional groups attached to an aromatic ring is 1. The molecule has 1 aromatic heterocycles. The maximum Gasteiger partial charge on any atom is 0.118 e. The molecule has 23 heavy (non-hydrogen) atoms. The molecule has 0 spiro atoms. The Bertz CT molecular complexity index is 702. The van der Waals surface area contributed by atoms with Crippen molar-refractivity contribution >= 4 is 5.69 Å². The molecule has 1 aliphatic heterocycles. The molecule has 0 unspecified atom stereocenters. The fourth-order valence-corrected chi connectivity index (χ4v) is 2.56. The van der Waals surface area contributed by atoms with Gasteiger partial charge in [-0.15, -0.1) is 0 Å². The van der Waals surface area contributed by atoms with Crippen LogP contribution in [-0.2, 0) is 17.7 Å². The van der Waals surface area contributed by atoms with E-state index < -0.39 is 0 Å². The van der Waals surface area contributed by atoms with Crippen molar-refractivity contribution in [2.75, 3.05) is 18.9 Å². The first-order valence-corrected chi connectivity index (χ1v) is 7.84. The van der Waals surface area contributed by atoms with Gasteiger partial charge in [-0.1, -0.05) is 12.1 Å². The van der Waals surface area contributed by atoms with Crippen LogP contribution >= 0.6 is 0 Å². The second-order valence-corrected chi connectivity index (χ2v) is 5.66. The summed E-state index contributed by atoms with van der Waals surface area (Å²) < 4.78 is 11.1. The van der Waals surface area contributed by atoms with Crippen molar-refractivity contribution < 1.29 is 9.15 Å². The Morgan fingerprint density at radius 1 is 1.26 bits per heavy atom. The fourth-order valence-electron chi connectivity index (χ4n) is 2.56. The molecule has 1 aliphatic rings. The lowest BCUT2D eigenvalue weighted by Gasteiger charge is -2.24. The second-order valence-electron chi connectivity index (χ2n) is 5.66. The Kier molecular flexibility index (Phi) is 4.71. The molecule has 120 valence electrons. The number of anilines is 1. The highest BCUT2D eigenvalue weighted by Gasteiger charge is 2.09. The first-order chi connectivity index (χ1) is 11.2. The Morgan fingerprint density at radius 2 is 2.17 bits per heavy atom. The Hall–Kier alpha value is -2.62. The molecule has 4 heteroatoms. The molecule has 0 saturated carbocycles. The number of hydrogen-bond acceptors (Lipinski definition) is 4. The van der Waals surface area contributed by atoms with E-state index in [0.717, 1.165) is 42.3 Å². The van der Waals surface area contributed by atoms with Crippen molar-refractivity contribution in [3.05, 3.63) is 77.6 Å². The predicted octanol–water partition coefficient (Wildman–Crippen LogP) is 3.64. The van der Waals surface area contributed by atoms with Crippen LogP contribution in [-0.4, -0.2) is 18.1 Å². The minimum atomic E-state index is 0.623. The lowest BCUT2D eigenvalue weighted by atomic mass is 10.1. The van der Waals surface area contributed by atoms with Gasteiger partial charge in [-0.3, -0.25) is 0 Å². The first kappa shape index (κ1) is 15.3. The standard InChI is InChI=1S/C19H22N2O2/c1-15-16(4-2-6-19(15)20)14-21-10-7-18(8-11-21)23-13-9-17-5-3-12-22-17/h2-8,10,12H,9,11,13-14,20H2,1H3. The van der Waals surface area contributed by atoms with E-state index in [-0.39, 0.29) is 0 Å². The van der Waals surface area contributed by atoms with E-state index in [1.165, 1.54) is 5.56 Å². The number of furan rings is 1. The van der Waals surface area contributed by atoms with Gasteiger partial charge >= 0.3 is 0 Å². The minimum absolute atomic E-state index is 0.623. The molecular weight excluding hydrogens is 288 g/mol. The summed E-state index contributed by atoms with van der Waals surface area (Å²) >= 11 is 0. The lowest BCUT2D eigenvalue weighted by Crippen LogP contribution is -2.20. The average molecular weight is 310 g/mol. The van der Waals surface area contributed by atoms with Crippen LogP contribution in [0.15, 0.2) is 65.1 Å². The fraction of sp³-hybridized carbons (Fsp3) is 0.263. The van der Waals surface area contributed by atoms with Crippen LogP contribution in [0.1, 0.15) is 16.9 Å². The van der Waals surface area contributed by atoms with Gasteiger partial charge in [-0.25, -0.2) is 0 Å². The number of nitrogens with two attached hydrogens (primary N) is 1. The largest absolute Gasteiger partial charge is 0.493 e. The summed E-state index contributed by atoms with van der Waals surface area (Å²) in [6.07, 6.45) is 8.65. The van der Waals surface area contributed by atoms with Crippen LogP contribution in [0.25, 0.3) is 0 Å². The van der Waals surface area contributed by atoms with Gasteiger partial charge in [-0.05, 0) is 48.4 Å². The average Bonchev–Trinajstić information content (AvgIpc) is 3.07. The van der Waals surface area contributed by atoms with Gasteiger partial charge in [0, 0.05) is 31.4 Å². The Morgan fingerprint density at radius 3 is 2.91 bits per heavy atom. The maximum absolute atomic E-state index is 5.97. The van der Waals surface area contributed by atoms with Crippen LogP contribution < -0.4 is 5.73 Å². The van der Waals surface area contributed by atoms with E-state index in [4.69, 9.17) is 14.9 Å². The molecule has 2 aromatic rings. The van der Waals surface area contributed by atoms with E-state index in [9.17, 15) is 0 Å². The molecule has 2 heterocycles. The van der Waals surface area contributed by atoms with Gasteiger partial charge in [0.2, 0.25) is 0 Å². The Labute approximate surface area is 136 Å². The number of allylic oxidation sites excluding steroid dienone is 1. The zero-order chi connectivity index (χ0) is 16.1. The third kappa shape index (κ3) is 3.97. The molecule has 0 bridgehead atoms. The summed E-state index contributed by atoms with van der Waals surface area (Å²) in [6, 6.07) is 9.92. The third-order valence-corrected chi connectivity index (χ3v) is 4.04. The van der Waals surface area contributed by atoms with Crippen molar-refractivity contribution in [2.45, 2.75) is 19.9 Å². The van der Waals surface area contributed by atoms with E-state index in [0.29, 0.717) is 6.61 Å². The summed E-state index contributed by atoms with van der Waals surface area (Å²) in [6.45, 7) is 4.37. The molecule has 0 radical (unpaired) electrons. The summed E-state index contributed by atoms with van der Waals surface area (Å²) in [5.41, 5.74) is 9.23. The number of rotatable bonds is 6. The van der Waals surface area contributed by atoms with Crippen molar-refractivity contribution in [3.63, 3.8) is 0 Å². The van der Waals surface area contributed by atoms with Gasteiger partial charge < -0.3 is 19.8 Å². The zero-order valence-electron chi connectivity index (χ0n) is 13.4. The van der Waals surface area contributed by atoms with E-state index in [2.05, 4.69) is 30.2 Å². The maximum atomic E-state index is 5.97. The molecule has 3 rings (SSSR count). The molecule has 4 nitrogen and oxygen atoms in total. The van der Waals surface area contributed by atoms with Crippen LogP contribution in [0, 0.1) is 6.92 Å². The van der Waals surface area contributed by atoms with Crippen LogP contribution in [0.4, 0.5) is 5.69 Å². The topological polar surface area (TPSA) is 51.6 Å². The minimum Gasteiger partial charge on any atom is -0.493 e. The number of hydrogen-bond donors (Lipinski definition) is 1. The number of nitrogens with zero attached hydrogens (tertiary/aromatic N) is 1. The SMILES string of the molecule is Cc1c(N)cccc1CN1C=CC(OCCc2ccco2)=CC1. The van der Waals surface area contributed by atoms with Gasteiger partial charge in [0.25, 0.3) is 0 Å². The third-order valence-electron chi connectivity index (χ3n) is 4.04. The normalized spacial score (nSPS) is 14.0. The van der Waals surface area contributed by atoms with Crippen molar-refractivity contribution in [1.29, 1.82) is 0 Å². The van der Waals surface area contributed by atoms with Crippen LogP contribution in [0.2, 0.25) is 0 Å². The van der Waals surface area contributed by atoms with Crippen LogP contribution in [0.3, 0.4) is 0 Å². The van der Waals surface area contributed by atoms with E-state index >= 15 is 0 Å². The Balaban J connectivity index is 1.48. The number of benzene rings is 1. The predicted molar refractivity (Wildman–Crippen MR) is 91.6 cm³/mol. The molecular formula is C19H22N2O2. The van der Waals surface area contributed by atoms with Gasteiger partial charge in [0.1, 0.15) is 11.5 Å². The molecule has 0 fully saturated rings. The van der Waals surface area contributed by atoms with Gasteiger partial charge in [-0.2, -0.15) is 0 Å². The highest BCUT2D eigenvalue weighted by atomic mass is 16.5. The quantitative estimate of drug-likeness (QED) is 0.828. The molecule has 1 aromatic carbocycles. The zero-order valence-corrected chi connectivity index (χ0v) is 13.4. The molecule has 0 atom stereocenters. The van der Waals surface area contributed by atoms with Crippen molar-refractivity contribution in [1.82, 2.24) is 4.90 Å². The van der Waals surface area contributed by atoms with Gasteiger partial charge in [0.05, 0.1) is 12.9 Å². The highest BCUT2D eigenvalue weighted by molar-refractivity contribution is 5.50. The smallest absolute Gasteiger partial charge is 0.118 e. The molecule has 0 saturated heterocycles. The summed E-state index contributed by atoms with van der Waals surface area (Å²) in [4.78, 5) is 2.24. The van der Waals surface area contributed by atoms with E-state index in [1.54, 1.807) is 6.26 Å². The van der Waals surface area contributed by atoms with Crippen molar-refractivity contribution in [2.24, 2.45) is 0 Å². The molecule has 0 amide bonds. The lowest BCUT2D eigenvalue weighted by molar-refractivity contribution is 0.215.